The van der Waals surface area contributed by atoms with E-state index in [4.69, 9.17) is 5.11 Å². The highest BCUT2D eigenvalue weighted by molar-refractivity contribution is 7.85. The van der Waals surface area contributed by atoms with Crippen LogP contribution in [-0.2, 0) is 25.7 Å². The van der Waals surface area contributed by atoms with Gasteiger partial charge >= 0.3 is 5.97 Å². The number of unbranched alkanes of at least 4 members (excludes halogenated alkanes) is 2. The van der Waals surface area contributed by atoms with Crippen molar-refractivity contribution < 1.29 is 27.8 Å². The number of anilines is 1. The molecule has 0 radical (unpaired) electrons. The van der Waals surface area contributed by atoms with Crippen LogP contribution in [0.25, 0.3) is 0 Å². The van der Waals surface area contributed by atoms with E-state index >= 15 is 0 Å². The van der Waals surface area contributed by atoms with Crippen LogP contribution in [-0.4, -0.2) is 43.2 Å². The van der Waals surface area contributed by atoms with Crippen LogP contribution in [0, 0.1) is 0 Å². The molecule has 2 atom stereocenters. The molecule has 8 heteroatoms. The van der Waals surface area contributed by atoms with Crippen molar-refractivity contribution in [2.24, 2.45) is 0 Å². The van der Waals surface area contributed by atoms with Crippen LogP contribution in [0.2, 0.25) is 0 Å². The van der Waals surface area contributed by atoms with Gasteiger partial charge in [0.1, 0.15) is 21.8 Å². The number of allylic oxidation sites excluding steroid dienone is 3. The maximum absolute atomic E-state index is 11.8. The highest BCUT2D eigenvalue weighted by Crippen LogP contribution is 2.47. The number of rotatable bonds is 11. The van der Waals surface area contributed by atoms with E-state index in [9.17, 15) is 17.8 Å². The number of carbonyl (C=O) groups is 1. The fourth-order valence-electron chi connectivity index (χ4n) is 6.54. The van der Waals surface area contributed by atoms with Crippen LogP contribution >= 0.6 is 0 Å². The van der Waals surface area contributed by atoms with Crippen LogP contribution in [0.5, 0.6) is 0 Å². The molecule has 0 aliphatic carbocycles. The molecule has 40 heavy (non-hydrogen) atoms. The summed E-state index contributed by atoms with van der Waals surface area (Å²) in [5.41, 5.74) is 5.12. The van der Waals surface area contributed by atoms with Crippen LogP contribution in [0.15, 0.2) is 71.3 Å². The lowest BCUT2D eigenvalue weighted by Crippen LogP contribution is -3.10. The quantitative estimate of drug-likeness (QED) is 0.291. The number of benzene rings is 2. The number of hydrogen-bond donors (Lipinski definition) is 2. The zero-order chi connectivity index (χ0) is 29.3. The third kappa shape index (κ3) is 5.76. The van der Waals surface area contributed by atoms with E-state index < -0.39 is 21.5 Å². The summed E-state index contributed by atoms with van der Waals surface area (Å²) in [5, 5.41) is 8.99. The van der Waals surface area contributed by atoms with Gasteiger partial charge < -0.3 is 14.6 Å². The number of quaternary nitrogens is 1. The molecule has 2 aromatic rings. The van der Waals surface area contributed by atoms with Gasteiger partial charge in [0.05, 0.1) is 16.9 Å². The standard InChI is InChI=1S/C32H42N2O5S/c1-6-20-33-26-14-10-9-13-24(26)31(2,3)28(33)15-12-16-29-32(4,5)25-22-23(40(37,38)39)18-19-27(25)34(29)21-11-7-8-17-30(35)36/h9-10,12-16,18-19,22,29H,6-8,11,17,20-21H2,1-5H3,(H,35,36)(H,37,38,39)/b16-12+,28-15+. The van der Waals surface area contributed by atoms with Crippen molar-refractivity contribution in [1.82, 2.24) is 0 Å². The molecule has 4 rings (SSSR count). The molecule has 0 saturated carbocycles. The van der Waals surface area contributed by atoms with Gasteiger partial charge in [-0.25, -0.2) is 8.42 Å². The van der Waals surface area contributed by atoms with Crippen molar-refractivity contribution in [3.05, 3.63) is 77.5 Å². The summed E-state index contributed by atoms with van der Waals surface area (Å²) in [6.45, 7) is 12.6. The lowest BCUT2D eigenvalue weighted by molar-refractivity contribution is -0.850. The Morgan fingerprint density at radius 1 is 1.07 bits per heavy atom. The summed E-state index contributed by atoms with van der Waals surface area (Å²) in [5.74, 6) is -0.783. The summed E-state index contributed by atoms with van der Waals surface area (Å²) in [4.78, 5) is 14.4. The Labute approximate surface area is 239 Å². The van der Waals surface area contributed by atoms with Gasteiger partial charge in [0, 0.05) is 41.4 Å². The topological polar surface area (TPSA) is 102 Å². The highest BCUT2D eigenvalue weighted by atomic mass is 32.2. The first-order valence-corrected chi connectivity index (χ1v) is 15.6. The maximum atomic E-state index is 11.8. The van der Waals surface area contributed by atoms with Crippen molar-refractivity contribution in [3.8, 4) is 0 Å². The lowest BCUT2D eigenvalue weighted by atomic mass is 9.80. The van der Waals surface area contributed by atoms with Crippen molar-refractivity contribution in [2.45, 2.75) is 88.5 Å². The van der Waals surface area contributed by atoms with Gasteiger partial charge in [-0.2, -0.15) is 0 Å². The molecule has 0 spiro atoms. The molecule has 0 bridgehead atoms. The molecule has 2 unspecified atom stereocenters. The summed E-state index contributed by atoms with van der Waals surface area (Å²) >= 11 is 0. The highest BCUT2D eigenvalue weighted by Gasteiger charge is 2.48. The summed E-state index contributed by atoms with van der Waals surface area (Å²) < 4.78 is 35.5. The Kier molecular flexibility index (Phi) is 8.64. The van der Waals surface area contributed by atoms with Crippen molar-refractivity contribution >= 4 is 27.5 Å². The maximum Gasteiger partial charge on any atom is 0.303 e. The van der Waals surface area contributed by atoms with E-state index in [0.29, 0.717) is 6.42 Å². The number of hydrogen-bond acceptors (Lipinski definition) is 5. The van der Waals surface area contributed by atoms with E-state index in [-0.39, 0.29) is 22.8 Å². The van der Waals surface area contributed by atoms with Crippen molar-refractivity contribution in [3.63, 3.8) is 0 Å². The molecular formula is C32H42N2O5S. The molecule has 0 fully saturated rings. The van der Waals surface area contributed by atoms with E-state index in [0.717, 1.165) is 43.6 Å². The molecule has 0 amide bonds. The van der Waals surface area contributed by atoms with Crippen LogP contribution in [0.3, 0.4) is 0 Å². The Hall–Kier alpha value is -2.94. The van der Waals surface area contributed by atoms with Gasteiger partial charge in [-0.05, 0) is 75.4 Å². The second kappa shape index (κ2) is 11.5. The minimum Gasteiger partial charge on any atom is -0.744 e. The van der Waals surface area contributed by atoms with E-state index in [1.165, 1.54) is 27.9 Å². The average molecular weight is 567 g/mol. The molecule has 7 nitrogen and oxygen atoms in total. The number of carboxylic acids is 1. The van der Waals surface area contributed by atoms with E-state index in [2.05, 4.69) is 82.0 Å². The summed E-state index contributed by atoms with van der Waals surface area (Å²) in [7, 11) is -4.57. The second-order valence-electron chi connectivity index (χ2n) is 12.1. The van der Waals surface area contributed by atoms with Gasteiger partial charge in [-0.1, -0.05) is 45.0 Å². The van der Waals surface area contributed by atoms with E-state index in [1.54, 1.807) is 12.1 Å². The summed E-state index contributed by atoms with van der Waals surface area (Å²) in [6.07, 6.45) is 10.0. The van der Waals surface area contributed by atoms with Crippen LogP contribution < -0.4 is 9.80 Å². The lowest BCUT2D eigenvalue weighted by Gasteiger charge is -2.28. The SMILES string of the molecule is CCCN1/C(=C/C=C/C2[NH+](CCCCCC(=O)O)c3ccc(S(=O)(=O)[O-])cc3C2(C)C)C(C)(C)c2ccccc21. The molecular weight excluding hydrogens is 524 g/mol. The zero-order valence-corrected chi connectivity index (χ0v) is 25.1. The number of aliphatic carboxylic acids is 1. The monoisotopic (exact) mass is 566 g/mol. The number of carboxylic acid groups (broad SMARTS) is 1. The molecule has 0 aromatic heterocycles. The average Bonchev–Trinajstić information content (AvgIpc) is 3.22. The minimum absolute atomic E-state index is 0.00921. The summed E-state index contributed by atoms with van der Waals surface area (Å²) in [6, 6.07) is 13.3. The molecule has 2 aliphatic rings. The fraction of sp³-hybridized carbons (Fsp3) is 0.469. The molecule has 2 aromatic carbocycles. The zero-order valence-electron chi connectivity index (χ0n) is 24.2. The number of para-hydroxylation sites is 1. The number of nitrogens with zero attached hydrogens (tertiary/aromatic N) is 1. The molecule has 2 aliphatic heterocycles. The Morgan fingerprint density at radius 2 is 1.80 bits per heavy atom. The minimum atomic E-state index is -4.57. The molecule has 216 valence electrons. The first-order valence-electron chi connectivity index (χ1n) is 14.2. The molecule has 2 heterocycles. The first kappa shape index (κ1) is 30.0. The predicted octanol–water partition coefficient (Wildman–Crippen LogP) is 5.06. The molecule has 0 saturated heterocycles. The van der Waals surface area contributed by atoms with Crippen LogP contribution in [0.4, 0.5) is 11.4 Å². The van der Waals surface area contributed by atoms with Gasteiger partial charge in [0.25, 0.3) is 0 Å². The number of fused-ring (bicyclic) bond motifs is 2. The van der Waals surface area contributed by atoms with Gasteiger partial charge in [-0.3, -0.25) is 9.69 Å². The Morgan fingerprint density at radius 3 is 2.48 bits per heavy atom. The Balaban J connectivity index is 1.68. The van der Waals surface area contributed by atoms with Crippen molar-refractivity contribution in [1.29, 1.82) is 0 Å². The normalized spacial score (nSPS) is 22.1. The molecule has 2 N–H and O–H groups in total. The van der Waals surface area contributed by atoms with Crippen molar-refractivity contribution in [2.75, 3.05) is 18.0 Å². The first-order chi connectivity index (χ1) is 18.8. The fourth-order valence-corrected chi connectivity index (χ4v) is 7.04. The van der Waals surface area contributed by atoms with Crippen LogP contribution in [0.1, 0.15) is 77.8 Å². The Bertz CT molecular complexity index is 1420. The predicted molar refractivity (Wildman–Crippen MR) is 157 cm³/mol. The third-order valence-corrected chi connectivity index (χ3v) is 9.45. The number of nitrogens with one attached hydrogen (secondary N) is 1. The largest absolute Gasteiger partial charge is 0.744 e. The second-order valence-corrected chi connectivity index (χ2v) is 13.5. The van der Waals surface area contributed by atoms with E-state index in [1.807, 2.05) is 0 Å². The third-order valence-electron chi connectivity index (χ3n) is 8.61. The van der Waals surface area contributed by atoms with Gasteiger partial charge in [-0.15, -0.1) is 0 Å². The van der Waals surface area contributed by atoms with Gasteiger partial charge in [0.15, 0.2) is 0 Å². The van der Waals surface area contributed by atoms with Gasteiger partial charge in [0.2, 0.25) is 0 Å². The smallest absolute Gasteiger partial charge is 0.303 e.